The molecule has 0 radical (unpaired) electrons. The summed E-state index contributed by atoms with van der Waals surface area (Å²) in [6.07, 6.45) is -3.17. The number of aliphatic hydroxyl groups is 4. The molecule has 7 nitrogen and oxygen atoms in total. The summed E-state index contributed by atoms with van der Waals surface area (Å²) in [5.41, 5.74) is 4.21. The summed E-state index contributed by atoms with van der Waals surface area (Å²) < 4.78 is 11.7. The van der Waals surface area contributed by atoms with Gasteiger partial charge in [-0.25, -0.2) is 0 Å². The highest BCUT2D eigenvalue weighted by molar-refractivity contribution is 5.80. The van der Waals surface area contributed by atoms with Crippen LogP contribution in [-0.2, 0) is 11.2 Å². The maximum Gasteiger partial charge on any atom is 0.229 e. The lowest BCUT2D eigenvalue weighted by Gasteiger charge is -2.39. The van der Waals surface area contributed by atoms with Crippen molar-refractivity contribution in [1.82, 2.24) is 0 Å². The summed E-state index contributed by atoms with van der Waals surface area (Å²) in [6.45, 7) is 7.70. The molecule has 2 aromatic rings. The maximum absolute atomic E-state index is 11.2. The molecular weight excluding hydrogens is 436 g/mol. The standard InChI is InChI=1S/C27H38O7/c1-5-6-7-8-17-12-20(29)23(19-11-16(4)9-10-18(19)15(2)3)21(13-17)33-27-26(32)25(31)24(30)22(14-28)34-27/h9-13,15,22,24-32H,5-8,14H2,1-4H3/t22-,24-,25+,26-,27-/m1/s1. The van der Waals surface area contributed by atoms with Gasteiger partial charge in [-0.3, -0.25) is 0 Å². The van der Waals surface area contributed by atoms with E-state index in [2.05, 4.69) is 20.8 Å². The number of aryl methyl sites for hydroxylation is 2. The number of hydrogen-bond acceptors (Lipinski definition) is 7. The van der Waals surface area contributed by atoms with Gasteiger partial charge in [0.25, 0.3) is 0 Å². The SMILES string of the molecule is CCCCCc1cc(O)c(-c2cc(C)ccc2C(C)C)c(O[C@@H]2O[C@H](CO)[C@@H](O)[C@H](O)[C@H]2O)c1. The van der Waals surface area contributed by atoms with Crippen molar-refractivity contribution in [3.63, 3.8) is 0 Å². The smallest absolute Gasteiger partial charge is 0.229 e. The quantitative estimate of drug-likeness (QED) is 0.353. The first-order chi connectivity index (χ1) is 16.2. The molecule has 188 valence electrons. The molecule has 5 N–H and O–H groups in total. The highest BCUT2D eigenvalue weighted by Gasteiger charge is 2.45. The van der Waals surface area contributed by atoms with Crippen molar-refractivity contribution < 1.29 is 35.0 Å². The molecule has 7 heteroatoms. The number of unbranched alkanes of at least 4 members (excludes halogenated alkanes) is 2. The average Bonchev–Trinajstić information content (AvgIpc) is 2.79. The summed E-state index contributed by atoms with van der Waals surface area (Å²) in [4.78, 5) is 0. The van der Waals surface area contributed by atoms with Gasteiger partial charge in [-0.2, -0.15) is 0 Å². The van der Waals surface area contributed by atoms with Gasteiger partial charge in [0.05, 0.1) is 12.2 Å². The van der Waals surface area contributed by atoms with Gasteiger partial charge in [0.1, 0.15) is 35.9 Å². The molecule has 0 bridgehead atoms. The minimum absolute atomic E-state index is 0.0566. The zero-order valence-corrected chi connectivity index (χ0v) is 20.4. The molecule has 2 aromatic carbocycles. The number of ether oxygens (including phenoxy) is 2. The van der Waals surface area contributed by atoms with Crippen molar-refractivity contribution in [3.05, 3.63) is 47.0 Å². The van der Waals surface area contributed by atoms with Gasteiger partial charge in [0.15, 0.2) is 0 Å². The van der Waals surface area contributed by atoms with Crippen LogP contribution in [0.2, 0.25) is 0 Å². The fourth-order valence-corrected chi connectivity index (χ4v) is 4.42. The van der Waals surface area contributed by atoms with E-state index in [0.29, 0.717) is 11.3 Å². The van der Waals surface area contributed by atoms with Crippen LogP contribution in [0.4, 0.5) is 0 Å². The second-order valence-electron chi connectivity index (χ2n) is 9.51. The summed E-state index contributed by atoms with van der Waals surface area (Å²) in [6, 6.07) is 9.62. The molecule has 3 rings (SSSR count). The maximum atomic E-state index is 11.2. The predicted molar refractivity (Wildman–Crippen MR) is 130 cm³/mol. The van der Waals surface area contributed by atoms with E-state index in [0.717, 1.165) is 47.9 Å². The molecule has 1 fully saturated rings. The van der Waals surface area contributed by atoms with Crippen molar-refractivity contribution in [3.8, 4) is 22.6 Å². The Kier molecular flexibility index (Phi) is 8.95. The van der Waals surface area contributed by atoms with Crippen molar-refractivity contribution in [1.29, 1.82) is 0 Å². The summed E-state index contributed by atoms with van der Waals surface area (Å²) in [5, 5.41) is 51.6. The Hall–Kier alpha value is -2.16. The van der Waals surface area contributed by atoms with Crippen molar-refractivity contribution in [2.24, 2.45) is 0 Å². The highest BCUT2D eigenvalue weighted by Crippen LogP contribution is 2.44. The Morgan fingerprint density at radius 1 is 1.00 bits per heavy atom. The molecule has 1 aliphatic rings. The number of phenolic OH excluding ortho intramolecular Hbond substituents is 1. The lowest BCUT2D eigenvalue weighted by molar-refractivity contribution is -0.277. The number of hydrogen-bond donors (Lipinski definition) is 5. The Morgan fingerprint density at radius 2 is 1.74 bits per heavy atom. The van der Waals surface area contributed by atoms with Crippen LogP contribution in [0.3, 0.4) is 0 Å². The topological polar surface area (TPSA) is 120 Å². The largest absolute Gasteiger partial charge is 0.507 e. The van der Waals surface area contributed by atoms with E-state index < -0.39 is 37.3 Å². The van der Waals surface area contributed by atoms with Crippen LogP contribution in [0.1, 0.15) is 62.6 Å². The summed E-state index contributed by atoms with van der Waals surface area (Å²) in [7, 11) is 0. The molecule has 0 aliphatic carbocycles. The van der Waals surface area contributed by atoms with Crippen LogP contribution in [0.5, 0.6) is 11.5 Å². The van der Waals surface area contributed by atoms with Crippen molar-refractivity contribution in [2.75, 3.05) is 6.61 Å². The van der Waals surface area contributed by atoms with Crippen molar-refractivity contribution in [2.45, 2.75) is 90.0 Å². The van der Waals surface area contributed by atoms with Gasteiger partial charge in [-0.15, -0.1) is 0 Å². The van der Waals surface area contributed by atoms with E-state index in [9.17, 15) is 25.5 Å². The fourth-order valence-electron chi connectivity index (χ4n) is 4.42. The van der Waals surface area contributed by atoms with Gasteiger partial charge in [0.2, 0.25) is 6.29 Å². The molecular formula is C27H38O7. The molecule has 1 aliphatic heterocycles. The third kappa shape index (κ3) is 5.73. The fraction of sp³-hybridized carbons (Fsp3) is 0.556. The normalized spacial score (nSPS) is 25.0. The van der Waals surface area contributed by atoms with Crippen LogP contribution in [0.25, 0.3) is 11.1 Å². The average molecular weight is 475 g/mol. The van der Waals surface area contributed by atoms with Crippen LogP contribution in [-0.4, -0.2) is 62.8 Å². The van der Waals surface area contributed by atoms with Gasteiger partial charge in [-0.05, 0) is 54.5 Å². The monoisotopic (exact) mass is 474 g/mol. The molecule has 0 spiro atoms. The van der Waals surface area contributed by atoms with E-state index in [1.165, 1.54) is 0 Å². The van der Waals surface area contributed by atoms with Crippen molar-refractivity contribution >= 4 is 0 Å². The first kappa shape index (κ1) is 26.4. The Morgan fingerprint density at radius 3 is 2.38 bits per heavy atom. The second-order valence-corrected chi connectivity index (χ2v) is 9.51. The Balaban J connectivity index is 2.09. The number of phenols is 1. The van der Waals surface area contributed by atoms with Crippen LogP contribution in [0.15, 0.2) is 30.3 Å². The minimum atomic E-state index is -1.55. The van der Waals surface area contributed by atoms with E-state index in [1.807, 2.05) is 31.2 Å². The minimum Gasteiger partial charge on any atom is -0.507 e. The van der Waals surface area contributed by atoms with Crippen LogP contribution >= 0.6 is 0 Å². The molecule has 5 atom stereocenters. The predicted octanol–water partition coefficient (Wildman–Crippen LogP) is 3.40. The molecule has 1 heterocycles. The van der Waals surface area contributed by atoms with E-state index in [4.69, 9.17) is 9.47 Å². The van der Waals surface area contributed by atoms with E-state index in [1.54, 1.807) is 6.07 Å². The molecule has 0 amide bonds. The molecule has 0 unspecified atom stereocenters. The lowest BCUT2D eigenvalue weighted by atomic mass is 9.89. The van der Waals surface area contributed by atoms with Gasteiger partial charge in [-0.1, -0.05) is 57.4 Å². The van der Waals surface area contributed by atoms with E-state index in [-0.39, 0.29) is 11.7 Å². The second kappa shape index (κ2) is 11.5. The summed E-state index contributed by atoms with van der Waals surface area (Å²) >= 11 is 0. The van der Waals surface area contributed by atoms with Crippen LogP contribution in [0, 0.1) is 6.92 Å². The zero-order valence-electron chi connectivity index (χ0n) is 20.4. The third-order valence-electron chi connectivity index (χ3n) is 6.40. The number of benzene rings is 2. The number of aromatic hydroxyl groups is 1. The first-order valence-electron chi connectivity index (χ1n) is 12.1. The van der Waals surface area contributed by atoms with E-state index >= 15 is 0 Å². The number of aliphatic hydroxyl groups excluding tert-OH is 4. The number of rotatable bonds is 9. The first-order valence-corrected chi connectivity index (χ1v) is 12.1. The van der Waals surface area contributed by atoms with Gasteiger partial charge >= 0.3 is 0 Å². The lowest BCUT2D eigenvalue weighted by Crippen LogP contribution is -2.60. The molecule has 0 aromatic heterocycles. The van der Waals surface area contributed by atoms with Crippen LogP contribution < -0.4 is 4.74 Å². The highest BCUT2D eigenvalue weighted by atomic mass is 16.7. The summed E-state index contributed by atoms with van der Waals surface area (Å²) in [5.74, 6) is 0.545. The van der Waals surface area contributed by atoms with Gasteiger partial charge < -0.3 is 35.0 Å². The molecule has 1 saturated heterocycles. The Bertz CT molecular complexity index is 956. The Labute approximate surface area is 201 Å². The molecule has 0 saturated carbocycles. The molecule has 34 heavy (non-hydrogen) atoms. The third-order valence-corrected chi connectivity index (χ3v) is 6.40. The van der Waals surface area contributed by atoms with Gasteiger partial charge in [0, 0.05) is 0 Å². The zero-order chi connectivity index (χ0) is 25.0.